The number of hydrogen-bond acceptors (Lipinski definition) is 8. The average Bonchev–Trinajstić information content (AvgIpc) is 2.90. The van der Waals surface area contributed by atoms with Crippen LogP contribution in [-0.2, 0) is 13.8 Å². The standard InChI is InChI=1S/C9H14N3O9P/c10-7-4(9(15)16)11-2-12(7)8-6(14)5(13)3(21-8)1-20-22(17,18)19/h2-3,5-6,8,13-14H,1,10H2,(H,15,16)(H2,17,18,19)/t3-,5-,6-,8-/m1/s1/i22+1. The van der Waals surface area contributed by atoms with Crippen molar-refractivity contribution in [2.24, 2.45) is 0 Å². The van der Waals surface area contributed by atoms with Gasteiger partial charge in [0, 0.05) is 0 Å². The first-order chi connectivity index (χ1) is 10.1. The van der Waals surface area contributed by atoms with Crippen molar-refractivity contribution >= 4 is 19.6 Å². The third kappa shape index (κ3) is 3.28. The molecule has 0 amide bonds. The van der Waals surface area contributed by atoms with E-state index in [0.717, 1.165) is 10.9 Å². The summed E-state index contributed by atoms with van der Waals surface area (Å²) < 4.78 is 21.1. The largest absolute Gasteiger partial charge is 0.476 e. The van der Waals surface area contributed by atoms with Crippen LogP contribution in [0.4, 0.5) is 5.82 Å². The van der Waals surface area contributed by atoms with E-state index < -0.39 is 50.6 Å². The molecule has 1 saturated heterocycles. The highest BCUT2D eigenvalue weighted by molar-refractivity contribution is 7.46. The molecular formula is C9H14N3O9P. The molecule has 0 aromatic carbocycles. The van der Waals surface area contributed by atoms with Gasteiger partial charge >= 0.3 is 13.8 Å². The summed E-state index contributed by atoms with van der Waals surface area (Å²) in [5.74, 6) is -1.69. The van der Waals surface area contributed by atoms with Gasteiger partial charge in [0.05, 0.1) is 12.9 Å². The minimum Gasteiger partial charge on any atom is -0.476 e. The van der Waals surface area contributed by atoms with Crippen molar-refractivity contribution in [2.75, 3.05) is 12.3 Å². The summed E-state index contributed by atoms with van der Waals surface area (Å²) in [6.45, 7) is -0.681. The van der Waals surface area contributed by atoms with E-state index in [-0.39, 0.29) is 5.82 Å². The van der Waals surface area contributed by atoms with Gasteiger partial charge in [-0.25, -0.2) is 14.3 Å². The minimum atomic E-state index is -4.77. The SMILES string of the molecule is Nc1c(C(=O)O)ncn1[C@@H]1O[C@H](CO[32P](=O)(O)O)[C@@H](O)[C@H]1O. The van der Waals surface area contributed by atoms with E-state index in [2.05, 4.69) is 9.51 Å². The zero-order chi connectivity index (χ0) is 16.7. The molecule has 2 rings (SSSR count). The molecule has 0 saturated carbocycles. The molecule has 12 nitrogen and oxygen atoms in total. The lowest BCUT2D eigenvalue weighted by Gasteiger charge is -2.17. The molecule has 1 fully saturated rings. The molecule has 1 aliphatic rings. The Kier molecular flexibility index (Phi) is 4.54. The highest BCUT2D eigenvalue weighted by Gasteiger charge is 2.45. The molecule has 4 atom stereocenters. The molecule has 1 aromatic heterocycles. The Bertz CT molecular complexity index is 613. The molecule has 13 heteroatoms. The number of aromatic nitrogens is 2. The van der Waals surface area contributed by atoms with Crippen LogP contribution in [0.2, 0.25) is 0 Å². The molecule has 0 spiro atoms. The molecule has 1 aliphatic heterocycles. The predicted octanol–water partition coefficient (Wildman–Crippen LogP) is -2.11. The molecule has 0 radical (unpaired) electrons. The molecule has 2 heterocycles. The zero-order valence-corrected chi connectivity index (χ0v) is 11.8. The lowest BCUT2D eigenvalue weighted by atomic mass is 10.1. The number of aromatic carboxylic acids is 1. The number of nitrogens with two attached hydrogens (primary N) is 1. The Morgan fingerprint density at radius 1 is 1.45 bits per heavy atom. The molecule has 7 N–H and O–H groups in total. The second-order valence-electron chi connectivity index (χ2n) is 4.52. The van der Waals surface area contributed by atoms with Crippen LogP contribution in [0.3, 0.4) is 0 Å². The number of ether oxygens (including phenoxy) is 1. The van der Waals surface area contributed by atoms with Gasteiger partial charge in [0.2, 0.25) is 0 Å². The van der Waals surface area contributed by atoms with Gasteiger partial charge in [0.1, 0.15) is 24.1 Å². The fourth-order valence-corrected chi connectivity index (χ4v) is 2.35. The number of carbonyl (C=O) groups is 1. The van der Waals surface area contributed by atoms with Crippen molar-refractivity contribution in [3.63, 3.8) is 0 Å². The summed E-state index contributed by atoms with van der Waals surface area (Å²) in [6.07, 6.45) is -4.56. The van der Waals surface area contributed by atoms with Gasteiger partial charge < -0.3 is 35.6 Å². The summed E-state index contributed by atoms with van der Waals surface area (Å²) in [4.78, 5) is 31.6. The molecular weight excluding hydrogens is 326 g/mol. The molecule has 0 bridgehead atoms. The first-order valence-corrected chi connectivity index (χ1v) is 7.42. The van der Waals surface area contributed by atoms with Crippen molar-refractivity contribution in [1.82, 2.24) is 9.55 Å². The average molecular weight is 340 g/mol. The number of carboxylic acid groups (broad SMARTS) is 1. The van der Waals surface area contributed by atoms with Crippen molar-refractivity contribution < 1.29 is 43.7 Å². The Hall–Kier alpha value is -1.53. The molecule has 22 heavy (non-hydrogen) atoms. The first-order valence-electron chi connectivity index (χ1n) is 5.89. The third-order valence-electron chi connectivity index (χ3n) is 3.05. The molecule has 124 valence electrons. The summed E-state index contributed by atoms with van der Waals surface area (Å²) in [6, 6.07) is 0. The van der Waals surface area contributed by atoms with Crippen molar-refractivity contribution in [3.8, 4) is 0 Å². The van der Waals surface area contributed by atoms with Gasteiger partial charge in [-0.05, 0) is 0 Å². The van der Waals surface area contributed by atoms with Crippen molar-refractivity contribution in [1.29, 1.82) is 0 Å². The summed E-state index contributed by atoms with van der Waals surface area (Å²) in [5, 5.41) is 28.6. The monoisotopic (exact) mass is 340 g/mol. The van der Waals surface area contributed by atoms with Gasteiger partial charge in [0.15, 0.2) is 11.9 Å². The maximum absolute atomic E-state index is 10.9. The summed E-state index contributed by atoms with van der Waals surface area (Å²) in [5.41, 5.74) is 5.11. The Labute approximate surface area is 123 Å². The minimum absolute atomic E-state index is 0.305. The number of carboxylic acids is 1. The van der Waals surface area contributed by atoms with Gasteiger partial charge in [0.25, 0.3) is 0 Å². The van der Waals surface area contributed by atoms with Gasteiger partial charge in [-0.1, -0.05) is 0 Å². The number of rotatable bonds is 5. The highest BCUT2D eigenvalue weighted by atomic mass is 32.2. The zero-order valence-electron chi connectivity index (χ0n) is 10.9. The van der Waals surface area contributed by atoms with Crippen LogP contribution in [0.15, 0.2) is 6.33 Å². The molecule has 0 aliphatic carbocycles. The third-order valence-corrected chi connectivity index (χ3v) is 3.54. The molecule has 0 unspecified atom stereocenters. The van der Waals surface area contributed by atoms with Gasteiger partial charge in [-0.15, -0.1) is 0 Å². The number of phosphoric ester groups is 1. The predicted molar refractivity (Wildman–Crippen MR) is 67.5 cm³/mol. The fraction of sp³-hybridized carbons (Fsp3) is 0.556. The lowest BCUT2D eigenvalue weighted by molar-refractivity contribution is -0.0511. The normalized spacial score (nSPS) is 28.9. The fourth-order valence-electron chi connectivity index (χ4n) is 2.01. The van der Waals surface area contributed by atoms with E-state index in [4.69, 9.17) is 25.4 Å². The second-order valence-corrected chi connectivity index (χ2v) is 5.76. The van der Waals surface area contributed by atoms with E-state index in [1.54, 1.807) is 0 Å². The summed E-state index contributed by atoms with van der Waals surface area (Å²) >= 11 is 0. The van der Waals surface area contributed by atoms with Gasteiger partial charge in [-0.3, -0.25) is 9.09 Å². The number of phosphoric acid groups is 1. The Morgan fingerprint density at radius 2 is 2.09 bits per heavy atom. The van der Waals surface area contributed by atoms with E-state index in [1.165, 1.54) is 0 Å². The Balaban J connectivity index is 2.16. The number of imidazole rings is 1. The maximum Gasteiger partial charge on any atom is 0.469 e. The van der Waals surface area contributed by atoms with E-state index >= 15 is 0 Å². The van der Waals surface area contributed by atoms with E-state index in [0.29, 0.717) is 0 Å². The number of aliphatic hydroxyl groups excluding tert-OH is 2. The quantitative estimate of drug-likeness (QED) is 0.321. The highest BCUT2D eigenvalue weighted by Crippen LogP contribution is 2.38. The number of nitrogens with zero attached hydrogens (tertiary/aromatic N) is 2. The van der Waals surface area contributed by atoms with Crippen LogP contribution in [0.1, 0.15) is 16.7 Å². The topological polar surface area (TPSA) is 198 Å². The summed E-state index contributed by atoms with van der Waals surface area (Å²) in [7, 11) is -4.77. The van der Waals surface area contributed by atoms with E-state index in [9.17, 15) is 19.6 Å². The van der Waals surface area contributed by atoms with Crippen LogP contribution in [-0.4, -0.2) is 65.5 Å². The first kappa shape index (κ1) is 16.8. The second kappa shape index (κ2) is 5.93. The van der Waals surface area contributed by atoms with E-state index in [1.807, 2.05) is 0 Å². The Morgan fingerprint density at radius 3 is 2.59 bits per heavy atom. The van der Waals surface area contributed by atoms with Crippen LogP contribution in [0, 0.1) is 0 Å². The number of nitrogen functional groups attached to an aromatic ring is 1. The number of aliphatic hydroxyl groups is 2. The van der Waals surface area contributed by atoms with Gasteiger partial charge in [-0.2, -0.15) is 0 Å². The van der Waals surface area contributed by atoms with Crippen molar-refractivity contribution in [2.45, 2.75) is 24.5 Å². The van der Waals surface area contributed by atoms with Crippen LogP contribution < -0.4 is 5.73 Å². The van der Waals surface area contributed by atoms with Crippen LogP contribution >= 0.6 is 7.82 Å². The smallest absolute Gasteiger partial charge is 0.469 e. The number of anilines is 1. The molecule has 1 aromatic rings. The maximum atomic E-state index is 10.9. The van der Waals surface area contributed by atoms with Crippen LogP contribution in [0.5, 0.6) is 0 Å². The number of hydrogen-bond donors (Lipinski definition) is 6. The van der Waals surface area contributed by atoms with Crippen molar-refractivity contribution in [3.05, 3.63) is 12.0 Å². The lowest BCUT2D eigenvalue weighted by Crippen LogP contribution is -2.33. The van der Waals surface area contributed by atoms with Crippen LogP contribution in [0.25, 0.3) is 0 Å².